The summed E-state index contributed by atoms with van der Waals surface area (Å²) >= 11 is 0. The molecule has 0 aliphatic heterocycles. The van der Waals surface area contributed by atoms with Gasteiger partial charge in [-0.25, -0.2) is 4.79 Å². The van der Waals surface area contributed by atoms with E-state index < -0.39 is 5.97 Å². The summed E-state index contributed by atoms with van der Waals surface area (Å²) in [5, 5.41) is 8.09. The minimum atomic E-state index is -1.01. The fraction of sp³-hybridized carbons (Fsp3) is 0.286. The standard InChI is InChI=1S/C7H10O3/c1-6(2)5-10-4-3-7(8)9/h3-4H,1,5H2,2H3,(H,8,9)/b4-3+. The lowest BCUT2D eigenvalue weighted by Gasteiger charge is -1.96. The van der Waals surface area contributed by atoms with Gasteiger partial charge >= 0.3 is 5.97 Å². The van der Waals surface area contributed by atoms with Crippen LogP contribution >= 0.6 is 0 Å². The molecule has 0 unspecified atom stereocenters. The summed E-state index contributed by atoms with van der Waals surface area (Å²) in [5.74, 6) is -1.01. The van der Waals surface area contributed by atoms with E-state index in [1.165, 1.54) is 0 Å². The van der Waals surface area contributed by atoms with Gasteiger partial charge in [0.05, 0.1) is 12.3 Å². The fourth-order valence-corrected chi connectivity index (χ4v) is 0.297. The Labute approximate surface area is 59.6 Å². The zero-order chi connectivity index (χ0) is 7.98. The Morgan fingerprint density at radius 3 is 2.80 bits per heavy atom. The van der Waals surface area contributed by atoms with Gasteiger partial charge in [0.25, 0.3) is 0 Å². The molecule has 0 saturated carbocycles. The second-order valence-electron chi connectivity index (χ2n) is 1.91. The SMILES string of the molecule is C=C(C)CO/C=C/C(=O)O. The third-order valence-corrected chi connectivity index (χ3v) is 0.637. The zero-order valence-corrected chi connectivity index (χ0v) is 5.83. The van der Waals surface area contributed by atoms with Crippen LogP contribution in [0.15, 0.2) is 24.5 Å². The molecule has 0 rings (SSSR count). The lowest BCUT2D eigenvalue weighted by Crippen LogP contribution is -1.90. The molecule has 0 aromatic carbocycles. The van der Waals surface area contributed by atoms with Crippen molar-refractivity contribution in [2.45, 2.75) is 6.92 Å². The third kappa shape index (κ3) is 6.75. The smallest absolute Gasteiger partial charge is 0.331 e. The molecule has 0 aliphatic rings. The highest BCUT2D eigenvalue weighted by molar-refractivity contribution is 5.79. The first-order valence-electron chi connectivity index (χ1n) is 2.78. The van der Waals surface area contributed by atoms with E-state index in [-0.39, 0.29) is 0 Å². The van der Waals surface area contributed by atoms with Crippen LogP contribution < -0.4 is 0 Å². The molecule has 0 aromatic rings. The predicted octanol–water partition coefficient (Wildman–Crippen LogP) is 1.18. The van der Waals surface area contributed by atoms with Crippen molar-refractivity contribution in [3.05, 3.63) is 24.5 Å². The minimum absolute atomic E-state index is 0.365. The van der Waals surface area contributed by atoms with Crippen LogP contribution in [-0.2, 0) is 9.53 Å². The van der Waals surface area contributed by atoms with Crippen LogP contribution in [-0.4, -0.2) is 17.7 Å². The quantitative estimate of drug-likeness (QED) is 0.364. The molecule has 0 heterocycles. The molecule has 0 aliphatic carbocycles. The number of aliphatic carboxylic acids is 1. The average molecular weight is 142 g/mol. The molecule has 0 aromatic heterocycles. The van der Waals surface area contributed by atoms with Crippen molar-refractivity contribution in [3.63, 3.8) is 0 Å². The Bertz CT molecular complexity index is 158. The van der Waals surface area contributed by atoms with Gasteiger partial charge in [0, 0.05) is 0 Å². The van der Waals surface area contributed by atoms with Crippen molar-refractivity contribution in [2.24, 2.45) is 0 Å². The number of ether oxygens (including phenoxy) is 1. The van der Waals surface area contributed by atoms with Crippen LogP contribution in [0.4, 0.5) is 0 Å². The van der Waals surface area contributed by atoms with Gasteiger partial charge < -0.3 is 9.84 Å². The van der Waals surface area contributed by atoms with Crippen molar-refractivity contribution in [2.75, 3.05) is 6.61 Å². The van der Waals surface area contributed by atoms with Gasteiger partial charge in [-0.05, 0) is 12.5 Å². The van der Waals surface area contributed by atoms with Crippen molar-refractivity contribution >= 4 is 5.97 Å². The summed E-state index contributed by atoms with van der Waals surface area (Å²) in [6.07, 6.45) is 2.07. The largest absolute Gasteiger partial charge is 0.497 e. The first-order chi connectivity index (χ1) is 4.63. The van der Waals surface area contributed by atoms with E-state index >= 15 is 0 Å². The van der Waals surface area contributed by atoms with E-state index in [4.69, 9.17) is 9.84 Å². The van der Waals surface area contributed by atoms with Crippen LogP contribution in [0.2, 0.25) is 0 Å². The number of hydrogen-bond acceptors (Lipinski definition) is 2. The maximum atomic E-state index is 9.85. The second-order valence-corrected chi connectivity index (χ2v) is 1.91. The van der Waals surface area contributed by atoms with Crippen molar-refractivity contribution in [1.82, 2.24) is 0 Å². The van der Waals surface area contributed by atoms with E-state index in [0.29, 0.717) is 6.61 Å². The molecule has 0 fully saturated rings. The molecule has 0 amide bonds. The minimum Gasteiger partial charge on any atom is -0.497 e. The predicted molar refractivity (Wildman–Crippen MR) is 37.5 cm³/mol. The molecular formula is C7H10O3. The summed E-state index contributed by atoms with van der Waals surface area (Å²) in [6.45, 7) is 5.73. The Kier molecular flexibility index (Phi) is 4.04. The van der Waals surface area contributed by atoms with Crippen LogP contribution in [0.1, 0.15) is 6.92 Å². The Morgan fingerprint density at radius 1 is 1.80 bits per heavy atom. The summed E-state index contributed by atoms with van der Waals surface area (Å²) in [7, 11) is 0. The topological polar surface area (TPSA) is 46.5 Å². The van der Waals surface area contributed by atoms with Gasteiger partial charge in [-0.15, -0.1) is 0 Å². The second kappa shape index (κ2) is 4.61. The average Bonchev–Trinajstić information content (AvgIpc) is 1.79. The maximum absolute atomic E-state index is 9.85. The number of hydrogen-bond donors (Lipinski definition) is 1. The Morgan fingerprint density at radius 2 is 2.40 bits per heavy atom. The molecule has 3 heteroatoms. The molecule has 3 nitrogen and oxygen atoms in total. The molecule has 0 bridgehead atoms. The van der Waals surface area contributed by atoms with Crippen molar-refractivity contribution < 1.29 is 14.6 Å². The highest BCUT2D eigenvalue weighted by atomic mass is 16.5. The molecule has 1 N–H and O–H groups in total. The molecular weight excluding hydrogens is 132 g/mol. The van der Waals surface area contributed by atoms with E-state index in [0.717, 1.165) is 17.9 Å². The molecule has 56 valence electrons. The van der Waals surface area contributed by atoms with Gasteiger partial charge in [0.2, 0.25) is 0 Å². The van der Waals surface area contributed by atoms with Gasteiger partial charge in [-0.1, -0.05) is 6.58 Å². The molecule has 0 spiro atoms. The van der Waals surface area contributed by atoms with Gasteiger partial charge in [-0.3, -0.25) is 0 Å². The highest BCUT2D eigenvalue weighted by Gasteiger charge is 1.85. The summed E-state index contributed by atoms with van der Waals surface area (Å²) in [5.41, 5.74) is 0.857. The zero-order valence-electron chi connectivity index (χ0n) is 5.83. The number of carbonyl (C=O) groups is 1. The molecule has 0 atom stereocenters. The lowest BCUT2D eigenvalue weighted by molar-refractivity contribution is -0.131. The van der Waals surface area contributed by atoms with E-state index in [1.807, 2.05) is 0 Å². The summed E-state index contributed by atoms with van der Waals surface area (Å²) < 4.78 is 4.74. The maximum Gasteiger partial charge on any atom is 0.331 e. The summed E-state index contributed by atoms with van der Waals surface area (Å²) in [6, 6.07) is 0. The van der Waals surface area contributed by atoms with Gasteiger partial charge in [0.15, 0.2) is 0 Å². The molecule has 0 radical (unpaired) electrons. The Balaban J connectivity index is 3.36. The number of rotatable bonds is 4. The first kappa shape index (κ1) is 8.75. The van der Waals surface area contributed by atoms with E-state index in [2.05, 4.69) is 6.58 Å². The van der Waals surface area contributed by atoms with E-state index in [9.17, 15) is 4.79 Å². The third-order valence-electron chi connectivity index (χ3n) is 0.637. The van der Waals surface area contributed by atoms with Crippen molar-refractivity contribution in [1.29, 1.82) is 0 Å². The molecule has 10 heavy (non-hydrogen) atoms. The molecule has 0 saturated heterocycles. The normalized spacial score (nSPS) is 9.70. The van der Waals surface area contributed by atoms with Crippen molar-refractivity contribution in [3.8, 4) is 0 Å². The number of carboxylic acid groups (broad SMARTS) is 1. The van der Waals surface area contributed by atoms with Crippen LogP contribution in [0, 0.1) is 0 Å². The lowest BCUT2D eigenvalue weighted by atomic mass is 10.4. The summed E-state index contributed by atoms with van der Waals surface area (Å²) in [4.78, 5) is 9.85. The Hall–Kier alpha value is -1.25. The number of carboxylic acids is 1. The van der Waals surface area contributed by atoms with Gasteiger partial charge in [-0.2, -0.15) is 0 Å². The fourth-order valence-electron chi connectivity index (χ4n) is 0.297. The van der Waals surface area contributed by atoms with Crippen LogP contribution in [0.3, 0.4) is 0 Å². The monoisotopic (exact) mass is 142 g/mol. The van der Waals surface area contributed by atoms with Gasteiger partial charge in [0.1, 0.15) is 6.61 Å². The highest BCUT2D eigenvalue weighted by Crippen LogP contribution is 1.88. The first-order valence-corrected chi connectivity index (χ1v) is 2.78. The van der Waals surface area contributed by atoms with Crippen LogP contribution in [0.5, 0.6) is 0 Å². The van der Waals surface area contributed by atoms with E-state index in [1.54, 1.807) is 6.92 Å². The van der Waals surface area contributed by atoms with Crippen LogP contribution in [0.25, 0.3) is 0 Å².